The minimum atomic E-state index is -2.51. The van der Waals surface area contributed by atoms with Gasteiger partial charge in [-0.3, -0.25) is 4.98 Å². The van der Waals surface area contributed by atoms with Crippen molar-refractivity contribution in [1.82, 2.24) is 9.97 Å². The molecule has 4 nitrogen and oxygen atoms in total. The summed E-state index contributed by atoms with van der Waals surface area (Å²) in [6, 6.07) is 12.2. The van der Waals surface area contributed by atoms with E-state index in [1.165, 1.54) is 12.1 Å². The van der Waals surface area contributed by atoms with Crippen molar-refractivity contribution < 1.29 is 8.78 Å². The summed E-state index contributed by atoms with van der Waals surface area (Å²) in [7, 11) is 3.82. The lowest BCUT2D eigenvalue weighted by Crippen LogP contribution is -2.20. The van der Waals surface area contributed by atoms with Gasteiger partial charge in [-0.2, -0.15) is 0 Å². The quantitative estimate of drug-likeness (QED) is 0.557. The molecule has 0 fully saturated rings. The largest absolute Gasteiger partial charge is 0.361 e. The zero-order valence-electron chi connectivity index (χ0n) is 15.9. The standard InChI is InChI=1S/C22H22F2N4/c1-4-28(15-16-7-6-10-25-13-16)20-12-19(14-26-22(20)27(2)3)17-8-5-9-18(11-17)21(23)24/h4-14,21H,1,15H2,2-3H3. The fraction of sp³-hybridized carbons (Fsp3) is 0.182. The second kappa shape index (κ2) is 8.61. The van der Waals surface area contributed by atoms with Crippen molar-refractivity contribution in [2.75, 3.05) is 23.9 Å². The monoisotopic (exact) mass is 380 g/mol. The van der Waals surface area contributed by atoms with Crippen LogP contribution in [0.3, 0.4) is 0 Å². The van der Waals surface area contributed by atoms with Crippen molar-refractivity contribution in [3.05, 3.63) is 85.0 Å². The first-order valence-electron chi connectivity index (χ1n) is 8.83. The molecule has 28 heavy (non-hydrogen) atoms. The van der Waals surface area contributed by atoms with E-state index in [2.05, 4.69) is 16.5 Å². The maximum atomic E-state index is 13.1. The lowest BCUT2D eigenvalue weighted by Gasteiger charge is -2.26. The van der Waals surface area contributed by atoms with Crippen LogP contribution in [0, 0.1) is 0 Å². The average Bonchev–Trinajstić information content (AvgIpc) is 2.72. The van der Waals surface area contributed by atoms with E-state index in [-0.39, 0.29) is 5.56 Å². The number of alkyl halides is 2. The summed E-state index contributed by atoms with van der Waals surface area (Å²) in [5.41, 5.74) is 3.32. The van der Waals surface area contributed by atoms with Crippen LogP contribution < -0.4 is 9.80 Å². The molecule has 1 aromatic carbocycles. The lowest BCUT2D eigenvalue weighted by atomic mass is 10.0. The number of rotatable bonds is 7. The Hall–Kier alpha value is -3.28. The maximum Gasteiger partial charge on any atom is 0.263 e. The predicted octanol–water partition coefficient (Wildman–Crippen LogP) is 5.30. The summed E-state index contributed by atoms with van der Waals surface area (Å²) >= 11 is 0. The molecule has 144 valence electrons. The van der Waals surface area contributed by atoms with E-state index < -0.39 is 6.43 Å². The number of nitrogens with zero attached hydrogens (tertiary/aromatic N) is 4. The molecule has 0 aliphatic carbocycles. The summed E-state index contributed by atoms with van der Waals surface area (Å²) in [5, 5.41) is 0. The Labute approximate surface area is 163 Å². The summed E-state index contributed by atoms with van der Waals surface area (Å²) < 4.78 is 26.2. The molecule has 0 radical (unpaired) electrons. The summed E-state index contributed by atoms with van der Waals surface area (Å²) in [6.07, 6.45) is 4.45. The highest BCUT2D eigenvalue weighted by atomic mass is 19.3. The minimum Gasteiger partial charge on any atom is -0.361 e. The van der Waals surface area contributed by atoms with E-state index >= 15 is 0 Å². The summed E-state index contributed by atoms with van der Waals surface area (Å²) in [6.45, 7) is 4.50. The minimum absolute atomic E-state index is 0.00771. The van der Waals surface area contributed by atoms with Gasteiger partial charge in [0.15, 0.2) is 5.82 Å². The van der Waals surface area contributed by atoms with Crippen molar-refractivity contribution in [2.45, 2.75) is 13.0 Å². The molecule has 0 aliphatic heterocycles. The van der Waals surface area contributed by atoms with E-state index in [0.717, 1.165) is 22.6 Å². The molecule has 3 rings (SSSR count). The van der Waals surface area contributed by atoms with Gasteiger partial charge in [-0.15, -0.1) is 0 Å². The number of benzene rings is 1. The molecule has 0 amide bonds. The topological polar surface area (TPSA) is 32.3 Å². The van der Waals surface area contributed by atoms with Gasteiger partial charge in [0.25, 0.3) is 6.43 Å². The van der Waals surface area contributed by atoms with Gasteiger partial charge in [-0.25, -0.2) is 13.8 Å². The van der Waals surface area contributed by atoms with Crippen LogP contribution in [0.1, 0.15) is 17.6 Å². The first kappa shape index (κ1) is 19.5. The van der Waals surface area contributed by atoms with E-state index in [1.54, 1.807) is 36.9 Å². The van der Waals surface area contributed by atoms with Crippen LogP contribution in [-0.2, 0) is 6.54 Å². The van der Waals surface area contributed by atoms with Gasteiger partial charge in [0.05, 0.1) is 5.69 Å². The third kappa shape index (κ3) is 4.34. The number of aromatic nitrogens is 2. The van der Waals surface area contributed by atoms with Gasteiger partial charge in [0.2, 0.25) is 0 Å². The predicted molar refractivity (Wildman–Crippen MR) is 110 cm³/mol. The normalized spacial score (nSPS) is 10.8. The molecule has 2 aromatic heterocycles. The number of anilines is 2. The van der Waals surface area contributed by atoms with E-state index in [4.69, 9.17) is 0 Å². The van der Waals surface area contributed by atoms with Crippen molar-refractivity contribution in [1.29, 1.82) is 0 Å². The Bertz CT molecular complexity index is 942. The number of hydrogen-bond donors (Lipinski definition) is 0. The Balaban J connectivity index is 2.04. The Morgan fingerprint density at radius 1 is 1.07 bits per heavy atom. The highest BCUT2D eigenvalue weighted by Crippen LogP contribution is 2.33. The fourth-order valence-corrected chi connectivity index (χ4v) is 2.95. The SMILES string of the molecule is C=CN(Cc1cccnc1)c1cc(-c2cccc(C(F)F)c2)cnc1N(C)C. The van der Waals surface area contributed by atoms with Gasteiger partial charge in [-0.1, -0.05) is 30.8 Å². The first-order chi connectivity index (χ1) is 13.5. The smallest absolute Gasteiger partial charge is 0.263 e. The molecule has 0 spiro atoms. The molecule has 0 unspecified atom stereocenters. The Morgan fingerprint density at radius 3 is 2.54 bits per heavy atom. The molecular formula is C22H22F2N4. The summed E-state index contributed by atoms with van der Waals surface area (Å²) in [5.74, 6) is 0.762. The van der Waals surface area contributed by atoms with Crippen molar-refractivity contribution in [3.63, 3.8) is 0 Å². The van der Waals surface area contributed by atoms with Crippen molar-refractivity contribution in [3.8, 4) is 11.1 Å². The van der Waals surface area contributed by atoms with E-state index in [9.17, 15) is 8.78 Å². The van der Waals surface area contributed by atoms with E-state index in [0.29, 0.717) is 12.1 Å². The molecule has 0 aliphatic rings. The fourth-order valence-electron chi connectivity index (χ4n) is 2.95. The second-order valence-corrected chi connectivity index (χ2v) is 6.56. The van der Waals surface area contributed by atoms with Crippen LogP contribution >= 0.6 is 0 Å². The maximum absolute atomic E-state index is 13.1. The molecule has 0 saturated heterocycles. The Kier molecular flexibility index (Phi) is 5.99. The van der Waals surface area contributed by atoms with Crippen molar-refractivity contribution in [2.24, 2.45) is 0 Å². The number of pyridine rings is 2. The average molecular weight is 380 g/mol. The molecule has 0 N–H and O–H groups in total. The zero-order valence-corrected chi connectivity index (χ0v) is 15.9. The molecule has 6 heteroatoms. The van der Waals surface area contributed by atoms with Gasteiger partial charge in [-0.05, 0) is 35.5 Å². The van der Waals surface area contributed by atoms with Crippen LogP contribution in [0.5, 0.6) is 0 Å². The zero-order chi connectivity index (χ0) is 20.1. The highest BCUT2D eigenvalue weighted by Gasteiger charge is 2.15. The molecule has 0 saturated carbocycles. The Morgan fingerprint density at radius 2 is 1.89 bits per heavy atom. The second-order valence-electron chi connectivity index (χ2n) is 6.56. The molecular weight excluding hydrogens is 358 g/mol. The first-order valence-corrected chi connectivity index (χ1v) is 8.83. The van der Waals surface area contributed by atoms with Crippen LogP contribution in [0.4, 0.5) is 20.3 Å². The number of halogens is 2. The van der Waals surface area contributed by atoms with Crippen LogP contribution in [-0.4, -0.2) is 24.1 Å². The lowest BCUT2D eigenvalue weighted by molar-refractivity contribution is 0.151. The molecule has 3 aromatic rings. The van der Waals surface area contributed by atoms with Crippen LogP contribution in [0.25, 0.3) is 11.1 Å². The van der Waals surface area contributed by atoms with Gasteiger partial charge in [0.1, 0.15) is 0 Å². The highest BCUT2D eigenvalue weighted by molar-refractivity contribution is 5.76. The van der Waals surface area contributed by atoms with Crippen molar-refractivity contribution >= 4 is 11.5 Å². The number of hydrogen-bond acceptors (Lipinski definition) is 4. The summed E-state index contributed by atoms with van der Waals surface area (Å²) in [4.78, 5) is 12.6. The molecule has 2 heterocycles. The third-order valence-corrected chi connectivity index (χ3v) is 4.35. The van der Waals surface area contributed by atoms with Gasteiger partial charge < -0.3 is 9.80 Å². The van der Waals surface area contributed by atoms with Gasteiger partial charge >= 0.3 is 0 Å². The van der Waals surface area contributed by atoms with E-state index in [1.807, 2.05) is 42.1 Å². The van der Waals surface area contributed by atoms with Crippen LogP contribution in [0.2, 0.25) is 0 Å². The third-order valence-electron chi connectivity index (χ3n) is 4.35. The molecule has 0 bridgehead atoms. The van der Waals surface area contributed by atoms with Gasteiger partial charge in [0, 0.05) is 50.4 Å². The van der Waals surface area contributed by atoms with Crippen LogP contribution in [0.15, 0.2) is 73.8 Å². The molecule has 0 atom stereocenters.